The average Bonchev–Trinajstić information content (AvgIpc) is 2.20. The maximum Gasteiger partial charge on any atom is 0.272 e. The monoisotopic (exact) mass is 271 g/mol. The molecule has 0 amide bonds. The molecule has 0 fully saturated rings. The highest BCUT2D eigenvalue weighted by Gasteiger charge is 2.17. The molecule has 0 aliphatic heterocycles. The van der Waals surface area contributed by atoms with E-state index in [-0.39, 0.29) is 10.6 Å². The van der Waals surface area contributed by atoms with Crippen LogP contribution >= 0.6 is 15.9 Å². The molecule has 0 spiro atoms. The SMILES string of the molecule is CCC(Br)Cc1c(C)cccc1[N+](=O)[O-]. The van der Waals surface area contributed by atoms with Gasteiger partial charge in [0.2, 0.25) is 0 Å². The van der Waals surface area contributed by atoms with Crippen molar-refractivity contribution in [1.29, 1.82) is 0 Å². The summed E-state index contributed by atoms with van der Waals surface area (Å²) in [7, 11) is 0. The summed E-state index contributed by atoms with van der Waals surface area (Å²) < 4.78 is 0. The number of alkyl halides is 1. The number of aryl methyl sites for hydroxylation is 1. The highest BCUT2D eigenvalue weighted by Crippen LogP contribution is 2.25. The van der Waals surface area contributed by atoms with E-state index in [0.29, 0.717) is 11.2 Å². The molecule has 1 aromatic carbocycles. The second kappa shape index (κ2) is 5.26. The fourth-order valence-corrected chi connectivity index (χ4v) is 1.81. The molecular formula is C11H14BrNO2. The predicted molar refractivity (Wildman–Crippen MR) is 64.5 cm³/mol. The largest absolute Gasteiger partial charge is 0.272 e. The minimum atomic E-state index is -0.308. The van der Waals surface area contributed by atoms with E-state index in [1.807, 2.05) is 13.0 Å². The van der Waals surface area contributed by atoms with Crippen LogP contribution in [0.1, 0.15) is 24.5 Å². The van der Waals surface area contributed by atoms with Gasteiger partial charge in [0.15, 0.2) is 0 Å². The summed E-state index contributed by atoms with van der Waals surface area (Å²) in [4.78, 5) is 10.8. The number of hydrogen-bond acceptors (Lipinski definition) is 2. The lowest BCUT2D eigenvalue weighted by molar-refractivity contribution is -0.385. The Hall–Kier alpha value is -0.900. The van der Waals surface area contributed by atoms with Gasteiger partial charge in [-0.1, -0.05) is 35.0 Å². The van der Waals surface area contributed by atoms with Crippen LogP contribution in [-0.2, 0) is 6.42 Å². The second-order valence-electron chi connectivity index (χ2n) is 3.54. The third-order valence-electron chi connectivity index (χ3n) is 2.45. The Kier molecular flexibility index (Phi) is 4.27. The van der Waals surface area contributed by atoms with Gasteiger partial charge in [-0.15, -0.1) is 0 Å². The molecule has 1 rings (SSSR count). The first-order valence-electron chi connectivity index (χ1n) is 4.93. The van der Waals surface area contributed by atoms with Crippen LogP contribution in [0.5, 0.6) is 0 Å². The van der Waals surface area contributed by atoms with Gasteiger partial charge in [-0.3, -0.25) is 10.1 Å². The van der Waals surface area contributed by atoms with Crippen LogP contribution in [0.25, 0.3) is 0 Å². The Bertz CT molecular complexity index is 366. The summed E-state index contributed by atoms with van der Waals surface area (Å²) in [6.07, 6.45) is 1.67. The van der Waals surface area contributed by atoms with Crippen molar-refractivity contribution >= 4 is 21.6 Å². The van der Waals surface area contributed by atoms with Crippen molar-refractivity contribution < 1.29 is 4.92 Å². The Morgan fingerprint density at radius 1 is 1.53 bits per heavy atom. The maximum atomic E-state index is 10.8. The van der Waals surface area contributed by atoms with Gasteiger partial charge < -0.3 is 0 Å². The van der Waals surface area contributed by atoms with Crippen molar-refractivity contribution in [3.05, 3.63) is 39.4 Å². The van der Waals surface area contributed by atoms with Gasteiger partial charge in [0, 0.05) is 16.5 Å². The van der Waals surface area contributed by atoms with E-state index in [0.717, 1.165) is 17.5 Å². The van der Waals surface area contributed by atoms with Gasteiger partial charge in [0.25, 0.3) is 5.69 Å². The summed E-state index contributed by atoms with van der Waals surface area (Å²) in [5, 5.41) is 10.8. The van der Waals surface area contributed by atoms with Gasteiger partial charge in [-0.05, 0) is 25.3 Å². The lowest BCUT2D eigenvalue weighted by Crippen LogP contribution is -2.05. The smallest absolute Gasteiger partial charge is 0.258 e. The zero-order valence-electron chi connectivity index (χ0n) is 8.87. The van der Waals surface area contributed by atoms with Crippen molar-refractivity contribution in [3.63, 3.8) is 0 Å². The molecule has 82 valence electrons. The maximum absolute atomic E-state index is 10.8. The van der Waals surface area contributed by atoms with Crippen LogP contribution in [0.4, 0.5) is 5.69 Å². The summed E-state index contributed by atoms with van der Waals surface area (Å²) in [5.41, 5.74) is 2.06. The first-order chi connectivity index (χ1) is 7.06. The van der Waals surface area contributed by atoms with Crippen molar-refractivity contribution in [2.24, 2.45) is 0 Å². The number of rotatable bonds is 4. The van der Waals surface area contributed by atoms with Crippen LogP contribution in [0, 0.1) is 17.0 Å². The van der Waals surface area contributed by atoms with Crippen LogP contribution in [0.2, 0.25) is 0 Å². The van der Waals surface area contributed by atoms with E-state index in [2.05, 4.69) is 22.9 Å². The molecule has 3 nitrogen and oxygen atoms in total. The number of nitro groups is 1. The Balaban J connectivity index is 3.07. The third kappa shape index (κ3) is 3.02. The fourth-order valence-electron chi connectivity index (χ4n) is 1.49. The average molecular weight is 272 g/mol. The summed E-state index contributed by atoms with van der Waals surface area (Å²) in [6, 6.07) is 5.21. The third-order valence-corrected chi connectivity index (χ3v) is 3.42. The summed E-state index contributed by atoms with van der Waals surface area (Å²) >= 11 is 3.51. The number of halogens is 1. The van der Waals surface area contributed by atoms with E-state index >= 15 is 0 Å². The molecule has 1 unspecified atom stereocenters. The minimum Gasteiger partial charge on any atom is -0.258 e. The molecule has 0 aliphatic carbocycles. The molecule has 0 saturated heterocycles. The number of benzene rings is 1. The first-order valence-corrected chi connectivity index (χ1v) is 5.84. The van der Waals surface area contributed by atoms with Crippen molar-refractivity contribution in [2.45, 2.75) is 31.5 Å². The van der Waals surface area contributed by atoms with Crippen LogP contribution in [-0.4, -0.2) is 9.75 Å². The van der Waals surface area contributed by atoms with E-state index in [1.165, 1.54) is 0 Å². The molecule has 4 heteroatoms. The van der Waals surface area contributed by atoms with Crippen molar-refractivity contribution in [1.82, 2.24) is 0 Å². The standard InChI is InChI=1S/C11H14BrNO2/c1-3-9(12)7-10-8(2)5-4-6-11(10)13(14)15/h4-6,9H,3,7H2,1-2H3. The molecular weight excluding hydrogens is 258 g/mol. The second-order valence-corrected chi connectivity index (χ2v) is 4.83. The topological polar surface area (TPSA) is 43.1 Å². The summed E-state index contributed by atoms with van der Waals surface area (Å²) in [6.45, 7) is 3.97. The number of hydrogen-bond donors (Lipinski definition) is 0. The highest BCUT2D eigenvalue weighted by atomic mass is 79.9. The molecule has 1 atom stereocenters. The molecule has 0 bridgehead atoms. The molecule has 0 aliphatic rings. The molecule has 0 saturated carbocycles. The van der Waals surface area contributed by atoms with Gasteiger partial charge in [0.05, 0.1) is 4.92 Å². The number of nitro benzene ring substituents is 1. The van der Waals surface area contributed by atoms with Gasteiger partial charge in [-0.2, -0.15) is 0 Å². The van der Waals surface area contributed by atoms with E-state index in [4.69, 9.17) is 0 Å². The van der Waals surface area contributed by atoms with Gasteiger partial charge in [0.1, 0.15) is 0 Å². The molecule has 0 heterocycles. The molecule has 0 radical (unpaired) electrons. The van der Waals surface area contributed by atoms with Crippen molar-refractivity contribution in [3.8, 4) is 0 Å². The molecule has 0 aromatic heterocycles. The first kappa shape index (κ1) is 12.2. The zero-order valence-corrected chi connectivity index (χ0v) is 10.5. The van der Waals surface area contributed by atoms with E-state index < -0.39 is 0 Å². The predicted octanol–water partition coefficient (Wildman–Crippen LogP) is 3.62. The lowest BCUT2D eigenvalue weighted by Gasteiger charge is -2.09. The van der Waals surface area contributed by atoms with Gasteiger partial charge >= 0.3 is 0 Å². The fraction of sp³-hybridized carbons (Fsp3) is 0.455. The van der Waals surface area contributed by atoms with Crippen molar-refractivity contribution in [2.75, 3.05) is 0 Å². The summed E-state index contributed by atoms with van der Waals surface area (Å²) in [5.74, 6) is 0. The minimum absolute atomic E-state index is 0.230. The van der Waals surface area contributed by atoms with Gasteiger partial charge in [-0.25, -0.2) is 0 Å². The number of nitrogens with zero attached hydrogens (tertiary/aromatic N) is 1. The van der Waals surface area contributed by atoms with E-state index in [1.54, 1.807) is 12.1 Å². The molecule has 0 N–H and O–H groups in total. The molecule has 15 heavy (non-hydrogen) atoms. The Morgan fingerprint density at radius 2 is 2.20 bits per heavy atom. The zero-order chi connectivity index (χ0) is 11.4. The Labute approximate surface area is 97.8 Å². The van der Waals surface area contributed by atoms with Crippen LogP contribution < -0.4 is 0 Å². The van der Waals surface area contributed by atoms with Crippen LogP contribution in [0.15, 0.2) is 18.2 Å². The lowest BCUT2D eigenvalue weighted by atomic mass is 10.0. The quantitative estimate of drug-likeness (QED) is 0.477. The molecule has 1 aromatic rings. The highest BCUT2D eigenvalue weighted by molar-refractivity contribution is 9.09. The van der Waals surface area contributed by atoms with E-state index in [9.17, 15) is 10.1 Å². The van der Waals surface area contributed by atoms with Crippen LogP contribution in [0.3, 0.4) is 0 Å². The normalized spacial score (nSPS) is 12.5. The Morgan fingerprint density at radius 3 is 2.73 bits per heavy atom.